The van der Waals surface area contributed by atoms with Crippen molar-refractivity contribution >= 4 is 5.84 Å². The molecular formula is C21H24N2O. The quantitative estimate of drug-likeness (QED) is 0.814. The average Bonchev–Trinajstić information content (AvgIpc) is 3.32. The zero-order valence-corrected chi connectivity index (χ0v) is 14.2. The minimum absolute atomic E-state index is 0.415. The number of rotatable bonds is 3. The van der Waals surface area contributed by atoms with Crippen molar-refractivity contribution in [3.8, 4) is 5.75 Å². The van der Waals surface area contributed by atoms with Crippen LogP contribution in [0.3, 0.4) is 0 Å². The van der Waals surface area contributed by atoms with Crippen LogP contribution in [0.4, 0.5) is 0 Å². The number of nitrogens with zero attached hydrogens (tertiary/aromatic N) is 2. The monoisotopic (exact) mass is 320 g/mol. The van der Waals surface area contributed by atoms with Gasteiger partial charge in [-0.3, -0.25) is 4.99 Å². The Bertz CT molecular complexity index is 708. The second-order valence-electron chi connectivity index (χ2n) is 6.60. The van der Waals surface area contributed by atoms with E-state index in [0.29, 0.717) is 12.1 Å². The maximum absolute atomic E-state index is 5.31. The van der Waals surface area contributed by atoms with Gasteiger partial charge in [0.05, 0.1) is 25.0 Å². The molecule has 0 saturated carbocycles. The highest BCUT2D eigenvalue weighted by molar-refractivity contribution is 5.85. The van der Waals surface area contributed by atoms with Crippen LogP contribution in [0.1, 0.15) is 48.9 Å². The Morgan fingerprint density at radius 3 is 2.17 bits per heavy atom. The molecule has 3 nitrogen and oxygen atoms in total. The fourth-order valence-electron chi connectivity index (χ4n) is 4.06. The number of aliphatic imine (C=N–C) groups is 1. The Balaban J connectivity index is 1.68. The first-order chi connectivity index (χ1) is 11.9. The van der Waals surface area contributed by atoms with Crippen LogP contribution in [0.25, 0.3) is 0 Å². The first-order valence-corrected chi connectivity index (χ1v) is 8.87. The lowest BCUT2D eigenvalue weighted by atomic mass is 10.0. The van der Waals surface area contributed by atoms with Gasteiger partial charge >= 0.3 is 0 Å². The first-order valence-electron chi connectivity index (χ1n) is 8.87. The van der Waals surface area contributed by atoms with Gasteiger partial charge in [0.1, 0.15) is 5.75 Å². The van der Waals surface area contributed by atoms with Gasteiger partial charge in [0.25, 0.3) is 0 Å². The summed E-state index contributed by atoms with van der Waals surface area (Å²) in [5.74, 6) is 2.21. The molecule has 0 amide bonds. The molecule has 2 aliphatic rings. The second kappa shape index (κ2) is 6.68. The topological polar surface area (TPSA) is 24.8 Å². The predicted octanol–water partition coefficient (Wildman–Crippen LogP) is 4.77. The molecule has 3 heteroatoms. The van der Waals surface area contributed by atoms with Gasteiger partial charge in [0.2, 0.25) is 0 Å². The SMILES string of the molecule is COc1ccc(C2CCC(c3ccccc3)N2C2=NCCC2)cc1. The largest absolute Gasteiger partial charge is 0.497 e. The van der Waals surface area contributed by atoms with Crippen LogP contribution in [-0.4, -0.2) is 24.4 Å². The smallest absolute Gasteiger partial charge is 0.118 e. The number of amidine groups is 1. The summed E-state index contributed by atoms with van der Waals surface area (Å²) in [5.41, 5.74) is 2.77. The minimum Gasteiger partial charge on any atom is -0.497 e. The molecule has 0 aliphatic carbocycles. The molecule has 2 unspecified atom stereocenters. The van der Waals surface area contributed by atoms with E-state index in [-0.39, 0.29) is 0 Å². The average molecular weight is 320 g/mol. The number of benzene rings is 2. The minimum atomic E-state index is 0.415. The molecule has 2 aliphatic heterocycles. The van der Waals surface area contributed by atoms with Crippen LogP contribution in [0.5, 0.6) is 5.75 Å². The summed E-state index contributed by atoms with van der Waals surface area (Å²) in [6, 6.07) is 20.3. The Morgan fingerprint density at radius 1 is 0.917 bits per heavy atom. The summed E-state index contributed by atoms with van der Waals surface area (Å²) in [7, 11) is 1.72. The van der Waals surface area contributed by atoms with Crippen molar-refractivity contribution in [2.45, 2.75) is 37.8 Å². The Labute approximate surface area is 144 Å². The molecule has 0 bridgehead atoms. The van der Waals surface area contributed by atoms with E-state index in [1.807, 2.05) is 0 Å². The van der Waals surface area contributed by atoms with Crippen molar-refractivity contribution in [2.24, 2.45) is 4.99 Å². The summed E-state index contributed by atoms with van der Waals surface area (Å²) in [6.45, 7) is 0.975. The molecule has 2 heterocycles. The van der Waals surface area contributed by atoms with Gasteiger partial charge in [-0.1, -0.05) is 42.5 Å². The van der Waals surface area contributed by atoms with E-state index in [2.05, 4.69) is 59.5 Å². The summed E-state index contributed by atoms with van der Waals surface area (Å²) in [4.78, 5) is 7.41. The highest BCUT2D eigenvalue weighted by atomic mass is 16.5. The standard InChI is InChI=1S/C21H24N2O/c1-24-18-11-9-17(10-12-18)20-14-13-19(16-6-3-2-4-7-16)23(20)21-8-5-15-22-21/h2-4,6-7,9-12,19-20H,5,8,13-15H2,1H3. The first kappa shape index (κ1) is 15.3. The second-order valence-corrected chi connectivity index (χ2v) is 6.60. The third kappa shape index (κ3) is 2.79. The zero-order chi connectivity index (χ0) is 16.4. The maximum Gasteiger partial charge on any atom is 0.118 e. The molecule has 2 aromatic carbocycles. The van der Waals surface area contributed by atoms with Gasteiger partial charge in [0.15, 0.2) is 0 Å². The van der Waals surface area contributed by atoms with Crippen LogP contribution in [-0.2, 0) is 0 Å². The summed E-state index contributed by atoms with van der Waals surface area (Å²) < 4.78 is 5.31. The summed E-state index contributed by atoms with van der Waals surface area (Å²) >= 11 is 0. The van der Waals surface area contributed by atoms with Crippen molar-refractivity contribution in [2.75, 3.05) is 13.7 Å². The molecule has 0 aromatic heterocycles. The predicted molar refractivity (Wildman–Crippen MR) is 97.5 cm³/mol. The normalized spacial score (nSPS) is 23.4. The van der Waals surface area contributed by atoms with Gasteiger partial charge in [0, 0.05) is 13.0 Å². The lowest BCUT2D eigenvalue weighted by Gasteiger charge is -2.33. The molecule has 0 spiro atoms. The van der Waals surface area contributed by atoms with E-state index in [9.17, 15) is 0 Å². The lowest BCUT2D eigenvalue weighted by molar-refractivity contribution is 0.318. The van der Waals surface area contributed by atoms with Crippen LogP contribution < -0.4 is 4.74 Å². The van der Waals surface area contributed by atoms with Crippen molar-refractivity contribution in [3.63, 3.8) is 0 Å². The van der Waals surface area contributed by atoms with E-state index in [1.165, 1.54) is 36.2 Å². The molecule has 0 radical (unpaired) electrons. The molecule has 1 saturated heterocycles. The van der Waals surface area contributed by atoms with Gasteiger partial charge in [-0.2, -0.15) is 0 Å². The zero-order valence-electron chi connectivity index (χ0n) is 14.2. The Hall–Kier alpha value is -2.29. The van der Waals surface area contributed by atoms with Gasteiger partial charge in [-0.05, 0) is 42.5 Å². The van der Waals surface area contributed by atoms with Crippen molar-refractivity contribution < 1.29 is 4.74 Å². The maximum atomic E-state index is 5.31. The van der Waals surface area contributed by atoms with Crippen LogP contribution >= 0.6 is 0 Å². The van der Waals surface area contributed by atoms with E-state index in [0.717, 1.165) is 18.7 Å². The van der Waals surface area contributed by atoms with Gasteiger partial charge in [-0.25, -0.2) is 0 Å². The summed E-state index contributed by atoms with van der Waals surface area (Å²) in [6.07, 6.45) is 4.64. The number of likely N-dealkylation sites (tertiary alicyclic amines) is 1. The van der Waals surface area contributed by atoms with Crippen LogP contribution in [0.15, 0.2) is 59.6 Å². The fourth-order valence-corrected chi connectivity index (χ4v) is 4.06. The third-order valence-corrected chi connectivity index (χ3v) is 5.22. The molecule has 0 N–H and O–H groups in total. The van der Waals surface area contributed by atoms with E-state index < -0.39 is 0 Å². The number of ether oxygens (including phenoxy) is 1. The van der Waals surface area contributed by atoms with Crippen molar-refractivity contribution in [1.82, 2.24) is 4.90 Å². The molecule has 124 valence electrons. The summed E-state index contributed by atoms with van der Waals surface area (Å²) in [5, 5.41) is 0. The fraction of sp³-hybridized carbons (Fsp3) is 0.381. The highest BCUT2D eigenvalue weighted by Gasteiger charge is 2.37. The molecule has 24 heavy (non-hydrogen) atoms. The molecule has 4 rings (SSSR count). The van der Waals surface area contributed by atoms with E-state index in [4.69, 9.17) is 9.73 Å². The van der Waals surface area contributed by atoms with E-state index >= 15 is 0 Å². The van der Waals surface area contributed by atoms with Crippen LogP contribution in [0, 0.1) is 0 Å². The van der Waals surface area contributed by atoms with E-state index in [1.54, 1.807) is 7.11 Å². The number of methoxy groups -OCH3 is 1. The molecular weight excluding hydrogens is 296 g/mol. The third-order valence-electron chi connectivity index (χ3n) is 5.22. The van der Waals surface area contributed by atoms with Crippen molar-refractivity contribution in [1.29, 1.82) is 0 Å². The Morgan fingerprint density at radius 2 is 1.58 bits per heavy atom. The van der Waals surface area contributed by atoms with Crippen molar-refractivity contribution in [3.05, 3.63) is 65.7 Å². The molecule has 1 fully saturated rings. The van der Waals surface area contributed by atoms with Gasteiger partial charge < -0.3 is 9.64 Å². The highest BCUT2D eigenvalue weighted by Crippen LogP contribution is 2.45. The molecule has 2 aromatic rings. The Kier molecular flexibility index (Phi) is 4.24. The van der Waals surface area contributed by atoms with Crippen LogP contribution in [0.2, 0.25) is 0 Å². The number of hydrogen-bond donors (Lipinski definition) is 0. The lowest BCUT2D eigenvalue weighted by Crippen LogP contribution is -2.31. The molecule has 2 atom stereocenters. The van der Waals surface area contributed by atoms with Gasteiger partial charge in [-0.15, -0.1) is 0 Å². The number of hydrogen-bond acceptors (Lipinski definition) is 3.